The third-order valence-electron chi connectivity index (χ3n) is 3.25. The molecular formula is C17H17N3O3S. The van der Waals surface area contributed by atoms with Crippen molar-refractivity contribution in [3.8, 4) is 23.3 Å². The van der Waals surface area contributed by atoms with Crippen LogP contribution in [0.25, 0.3) is 0 Å². The molecule has 0 heterocycles. The van der Waals surface area contributed by atoms with Crippen LogP contribution in [0.2, 0.25) is 0 Å². The van der Waals surface area contributed by atoms with E-state index < -0.39 is 0 Å². The molecule has 6 nitrogen and oxygen atoms in total. The van der Waals surface area contributed by atoms with Gasteiger partial charge in [0.15, 0.2) is 16.6 Å². The molecule has 0 aromatic heterocycles. The molecule has 0 bridgehead atoms. The number of para-hydroxylation sites is 2. The standard InChI is InChI=1S/C17H17N3O3S/c1-21-14-7-5-4-6-12(14)19-17(24)20-13-9-16(23-3)15(22-2)8-11(13)10-18/h4-9H,1-3H3,(H2,19,20,24). The molecule has 0 aliphatic carbocycles. The average molecular weight is 343 g/mol. The Bertz CT molecular complexity index is 787. The monoisotopic (exact) mass is 343 g/mol. The van der Waals surface area contributed by atoms with E-state index in [-0.39, 0.29) is 0 Å². The number of hydrogen-bond donors (Lipinski definition) is 2. The van der Waals surface area contributed by atoms with Gasteiger partial charge in [-0.1, -0.05) is 12.1 Å². The van der Waals surface area contributed by atoms with Crippen LogP contribution in [0.5, 0.6) is 17.2 Å². The minimum atomic E-state index is 0.322. The van der Waals surface area contributed by atoms with Gasteiger partial charge in [-0.15, -0.1) is 0 Å². The van der Waals surface area contributed by atoms with Gasteiger partial charge < -0.3 is 24.8 Å². The molecule has 0 radical (unpaired) electrons. The summed E-state index contributed by atoms with van der Waals surface area (Å²) in [5.74, 6) is 1.64. The molecule has 0 spiro atoms. The van der Waals surface area contributed by atoms with E-state index in [4.69, 9.17) is 26.4 Å². The first-order chi connectivity index (χ1) is 11.6. The molecule has 0 atom stereocenters. The van der Waals surface area contributed by atoms with Crippen LogP contribution in [-0.2, 0) is 0 Å². The Morgan fingerprint density at radius 1 is 0.917 bits per heavy atom. The summed E-state index contributed by atoms with van der Waals surface area (Å²) in [5.41, 5.74) is 1.62. The van der Waals surface area contributed by atoms with Crippen LogP contribution in [0.15, 0.2) is 36.4 Å². The molecule has 0 aliphatic rings. The zero-order valence-electron chi connectivity index (χ0n) is 13.5. The van der Waals surface area contributed by atoms with E-state index in [0.29, 0.717) is 33.6 Å². The molecule has 0 fully saturated rings. The number of methoxy groups -OCH3 is 3. The second-order valence-electron chi connectivity index (χ2n) is 4.64. The minimum Gasteiger partial charge on any atom is -0.495 e. The fraction of sp³-hybridized carbons (Fsp3) is 0.176. The Labute approximate surface area is 146 Å². The molecule has 0 saturated heterocycles. The Kier molecular flexibility index (Phi) is 5.82. The van der Waals surface area contributed by atoms with E-state index in [0.717, 1.165) is 5.69 Å². The van der Waals surface area contributed by atoms with Crippen LogP contribution in [0, 0.1) is 11.3 Å². The van der Waals surface area contributed by atoms with Crippen molar-refractivity contribution in [3.05, 3.63) is 42.0 Å². The van der Waals surface area contributed by atoms with Crippen LogP contribution in [-0.4, -0.2) is 26.4 Å². The van der Waals surface area contributed by atoms with Gasteiger partial charge in [0.05, 0.1) is 38.3 Å². The van der Waals surface area contributed by atoms with Crippen molar-refractivity contribution >= 4 is 28.7 Å². The van der Waals surface area contributed by atoms with Gasteiger partial charge in [0.2, 0.25) is 0 Å². The van der Waals surface area contributed by atoms with E-state index in [2.05, 4.69) is 16.7 Å². The number of nitriles is 1. The molecule has 0 amide bonds. The third kappa shape index (κ3) is 3.86. The first-order valence-electron chi connectivity index (χ1n) is 7.00. The van der Waals surface area contributed by atoms with Gasteiger partial charge in [0.25, 0.3) is 0 Å². The smallest absolute Gasteiger partial charge is 0.175 e. The molecule has 2 rings (SSSR count). The molecule has 0 saturated carbocycles. The lowest BCUT2D eigenvalue weighted by Gasteiger charge is -2.16. The highest BCUT2D eigenvalue weighted by molar-refractivity contribution is 7.80. The maximum absolute atomic E-state index is 9.32. The van der Waals surface area contributed by atoms with Gasteiger partial charge in [0, 0.05) is 12.1 Å². The molecule has 124 valence electrons. The fourth-order valence-corrected chi connectivity index (χ4v) is 2.32. The van der Waals surface area contributed by atoms with Gasteiger partial charge in [-0.3, -0.25) is 0 Å². The molecular weight excluding hydrogens is 326 g/mol. The Balaban J connectivity index is 2.24. The maximum Gasteiger partial charge on any atom is 0.175 e. The highest BCUT2D eigenvalue weighted by Crippen LogP contribution is 2.33. The van der Waals surface area contributed by atoms with Gasteiger partial charge in [-0.2, -0.15) is 5.26 Å². The summed E-state index contributed by atoms with van der Waals surface area (Å²) in [6.45, 7) is 0. The fourth-order valence-electron chi connectivity index (χ4n) is 2.10. The lowest BCUT2D eigenvalue weighted by Crippen LogP contribution is -2.20. The van der Waals surface area contributed by atoms with Crippen LogP contribution >= 0.6 is 12.2 Å². The number of thiocarbonyl (C=S) groups is 1. The normalized spacial score (nSPS) is 9.58. The summed E-state index contributed by atoms with van der Waals surface area (Å²) in [6.07, 6.45) is 0. The Morgan fingerprint density at radius 3 is 2.12 bits per heavy atom. The second-order valence-corrected chi connectivity index (χ2v) is 5.05. The van der Waals surface area contributed by atoms with Crippen molar-refractivity contribution < 1.29 is 14.2 Å². The molecule has 7 heteroatoms. The molecule has 0 unspecified atom stereocenters. The molecule has 0 aliphatic heterocycles. The number of nitrogens with one attached hydrogen (secondary N) is 2. The molecule has 2 aromatic carbocycles. The minimum absolute atomic E-state index is 0.322. The largest absolute Gasteiger partial charge is 0.495 e. The summed E-state index contributed by atoms with van der Waals surface area (Å²) in [6, 6.07) is 12.7. The lowest BCUT2D eigenvalue weighted by atomic mass is 10.1. The van der Waals surface area contributed by atoms with Crippen molar-refractivity contribution in [1.29, 1.82) is 5.26 Å². The van der Waals surface area contributed by atoms with E-state index in [1.54, 1.807) is 19.2 Å². The number of rotatable bonds is 5. The SMILES string of the molecule is COc1ccccc1NC(=S)Nc1cc(OC)c(OC)cc1C#N. The van der Waals surface area contributed by atoms with Crippen LogP contribution in [0.3, 0.4) is 0 Å². The predicted molar refractivity (Wildman–Crippen MR) is 97.1 cm³/mol. The Hall–Kier alpha value is -2.98. The summed E-state index contributed by atoms with van der Waals surface area (Å²) in [5, 5.41) is 15.7. The third-order valence-corrected chi connectivity index (χ3v) is 3.45. The maximum atomic E-state index is 9.32. The van der Waals surface area contributed by atoms with Crippen molar-refractivity contribution in [2.24, 2.45) is 0 Å². The van der Waals surface area contributed by atoms with Crippen LogP contribution in [0.1, 0.15) is 5.56 Å². The van der Waals surface area contributed by atoms with Crippen molar-refractivity contribution in [2.45, 2.75) is 0 Å². The van der Waals surface area contributed by atoms with Gasteiger partial charge >= 0.3 is 0 Å². The Morgan fingerprint density at radius 2 is 1.50 bits per heavy atom. The molecule has 2 N–H and O–H groups in total. The van der Waals surface area contributed by atoms with Gasteiger partial charge in [-0.25, -0.2) is 0 Å². The first kappa shape index (κ1) is 17.4. The van der Waals surface area contributed by atoms with E-state index in [9.17, 15) is 5.26 Å². The number of hydrogen-bond acceptors (Lipinski definition) is 5. The zero-order valence-corrected chi connectivity index (χ0v) is 14.4. The number of nitrogens with zero attached hydrogens (tertiary/aromatic N) is 1. The second kappa shape index (κ2) is 8.04. The lowest BCUT2D eigenvalue weighted by molar-refractivity contribution is 0.355. The van der Waals surface area contributed by atoms with Crippen molar-refractivity contribution in [3.63, 3.8) is 0 Å². The summed E-state index contributed by atoms with van der Waals surface area (Å²) in [4.78, 5) is 0. The van der Waals surface area contributed by atoms with E-state index in [1.807, 2.05) is 24.3 Å². The van der Waals surface area contributed by atoms with Crippen molar-refractivity contribution in [2.75, 3.05) is 32.0 Å². The van der Waals surface area contributed by atoms with Gasteiger partial charge in [0.1, 0.15) is 11.8 Å². The summed E-state index contributed by atoms with van der Waals surface area (Å²) >= 11 is 5.31. The number of benzene rings is 2. The highest BCUT2D eigenvalue weighted by Gasteiger charge is 2.12. The average Bonchev–Trinajstić information content (AvgIpc) is 2.61. The first-order valence-corrected chi connectivity index (χ1v) is 7.41. The quantitative estimate of drug-likeness (QED) is 0.806. The summed E-state index contributed by atoms with van der Waals surface area (Å²) in [7, 11) is 4.62. The zero-order chi connectivity index (χ0) is 17.5. The summed E-state index contributed by atoms with van der Waals surface area (Å²) < 4.78 is 15.7. The predicted octanol–water partition coefficient (Wildman–Crippen LogP) is 3.39. The van der Waals surface area contributed by atoms with Crippen LogP contribution < -0.4 is 24.8 Å². The number of anilines is 2. The van der Waals surface area contributed by atoms with Crippen LogP contribution in [0.4, 0.5) is 11.4 Å². The highest BCUT2D eigenvalue weighted by atomic mass is 32.1. The van der Waals surface area contributed by atoms with E-state index >= 15 is 0 Å². The number of ether oxygens (including phenoxy) is 3. The van der Waals surface area contributed by atoms with Gasteiger partial charge in [-0.05, 0) is 24.4 Å². The topological polar surface area (TPSA) is 75.5 Å². The molecule has 24 heavy (non-hydrogen) atoms. The van der Waals surface area contributed by atoms with E-state index in [1.165, 1.54) is 14.2 Å². The molecule has 2 aromatic rings. The van der Waals surface area contributed by atoms with Crippen molar-refractivity contribution in [1.82, 2.24) is 0 Å².